The zero-order valence-electron chi connectivity index (χ0n) is 10.0. The minimum Gasteiger partial charge on any atom is -0.395 e. The van der Waals surface area contributed by atoms with E-state index < -0.39 is 5.82 Å². The van der Waals surface area contributed by atoms with Crippen LogP contribution in [0.3, 0.4) is 0 Å². The molecule has 2 aromatic carbocycles. The van der Waals surface area contributed by atoms with E-state index in [4.69, 9.17) is 17.3 Å². The summed E-state index contributed by atoms with van der Waals surface area (Å²) in [7, 11) is 1.87. The Bertz CT molecular complexity index is 540. The molecule has 0 bridgehead atoms. The summed E-state index contributed by atoms with van der Waals surface area (Å²) in [6.45, 7) is 0.644. The summed E-state index contributed by atoms with van der Waals surface area (Å²) < 4.78 is 13.4. The van der Waals surface area contributed by atoms with Crippen molar-refractivity contribution in [2.24, 2.45) is 0 Å². The van der Waals surface area contributed by atoms with Gasteiger partial charge in [0.05, 0.1) is 11.4 Å². The Balaban J connectivity index is 2.19. The van der Waals surface area contributed by atoms with Gasteiger partial charge in [-0.1, -0.05) is 29.8 Å². The van der Waals surface area contributed by atoms with Gasteiger partial charge in [0, 0.05) is 18.6 Å². The predicted molar refractivity (Wildman–Crippen MR) is 74.4 cm³/mol. The van der Waals surface area contributed by atoms with Gasteiger partial charge in [0.2, 0.25) is 0 Å². The molecule has 2 rings (SSSR count). The van der Waals surface area contributed by atoms with Gasteiger partial charge in [0.25, 0.3) is 0 Å². The number of benzene rings is 2. The van der Waals surface area contributed by atoms with E-state index >= 15 is 0 Å². The molecule has 0 spiro atoms. The fourth-order valence-electron chi connectivity index (χ4n) is 1.81. The first-order chi connectivity index (χ1) is 8.58. The van der Waals surface area contributed by atoms with Gasteiger partial charge in [-0.05, 0) is 29.8 Å². The molecule has 18 heavy (non-hydrogen) atoms. The topological polar surface area (TPSA) is 29.3 Å². The lowest BCUT2D eigenvalue weighted by molar-refractivity contribution is 0.632. The van der Waals surface area contributed by atoms with Crippen molar-refractivity contribution in [1.29, 1.82) is 0 Å². The molecule has 2 nitrogen and oxygen atoms in total. The normalized spacial score (nSPS) is 10.4. The van der Waals surface area contributed by atoms with Crippen LogP contribution in [0.1, 0.15) is 5.56 Å². The molecule has 0 heterocycles. The van der Waals surface area contributed by atoms with Gasteiger partial charge in [-0.3, -0.25) is 0 Å². The molecule has 2 aromatic rings. The zero-order chi connectivity index (χ0) is 13.1. The number of hydrogen-bond donors (Lipinski definition) is 1. The summed E-state index contributed by atoms with van der Waals surface area (Å²) in [5, 5.41) is 0.701. The Morgan fingerprint density at radius 2 is 1.83 bits per heavy atom. The second-order valence-corrected chi connectivity index (χ2v) is 4.59. The Labute approximate surface area is 111 Å². The second-order valence-electron chi connectivity index (χ2n) is 4.16. The van der Waals surface area contributed by atoms with Crippen LogP contribution < -0.4 is 10.6 Å². The first-order valence-electron chi connectivity index (χ1n) is 5.57. The lowest BCUT2D eigenvalue weighted by Gasteiger charge is -2.21. The SMILES string of the molecule is CN(Cc1ccc(Cl)cc1)c1cccc(F)c1N. The van der Waals surface area contributed by atoms with Gasteiger partial charge in [-0.15, -0.1) is 0 Å². The van der Waals surface area contributed by atoms with Crippen molar-refractivity contribution < 1.29 is 4.39 Å². The van der Waals surface area contributed by atoms with E-state index in [0.717, 1.165) is 5.56 Å². The second kappa shape index (κ2) is 5.27. The summed E-state index contributed by atoms with van der Waals surface area (Å²) in [4.78, 5) is 1.90. The lowest BCUT2D eigenvalue weighted by Crippen LogP contribution is -2.18. The van der Waals surface area contributed by atoms with E-state index in [1.165, 1.54) is 6.07 Å². The minimum atomic E-state index is -0.393. The molecule has 0 aliphatic carbocycles. The molecule has 4 heteroatoms. The maximum atomic E-state index is 13.4. The van der Waals surface area contributed by atoms with E-state index in [2.05, 4.69) is 0 Å². The molecule has 0 radical (unpaired) electrons. The highest BCUT2D eigenvalue weighted by molar-refractivity contribution is 6.30. The Hall–Kier alpha value is -1.74. The van der Waals surface area contributed by atoms with Gasteiger partial charge in [-0.25, -0.2) is 4.39 Å². The number of rotatable bonds is 3. The van der Waals surface area contributed by atoms with E-state index in [1.807, 2.05) is 36.2 Å². The van der Waals surface area contributed by atoms with Gasteiger partial charge in [0.1, 0.15) is 5.82 Å². The third-order valence-electron chi connectivity index (χ3n) is 2.77. The number of nitrogen functional groups attached to an aromatic ring is 1. The maximum absolute atomic E-state index is 13.4. The predicted octanol–water partition coefficient (Wildman–Crippen LogP) is 3.70. The first kappa shape index (κ1) is 12.7. The minimum absolute atomic E-state index is 0.175. The lowest BCUT2D eigenvalue weighted by atomic mass is 10.2. The summed E-state index contributed by atoms with van der Waals surface area (Å²) in [5.74, 6) is -0.393. The summed E-state index contributed by atoms with van der Waals surface area (Å²) in [6.07, 6.45) is 0. The molecule has 2 N–H and O–H groups in total. The molecule has 0 aliphatic rings. The van der Waals surface area contributed by atoms with Crippen molar-refractivity contribution in [1.82, 2.24) is 0 Å². The molecule has 0 atom stereocenters. The Morgan fingerprint density at radius 3 is 2.50 bits per heavy atom. The van der Waals surface area contributed by atoms with Gasteiger partial charge in [0.15, 0.2) is 0 Å². The van der Waals surface area contributed by atoms with Crippen LogP contribution in [0.25, 0.3) is 0 Å². The number of hydrogen-bond acceptors (Lipinski definition) is 2. The summed E-state index contributed by atoms with van der Waals surface area (Å²) >= 11 is 5.83. The third-order valence-corrected chi connectivity index (χ3v) is 3.03. The summed E-state index contributed by atoms with van der Waals surface area (Å²) in [5.41, 5.74) is 7.67. The van der Waals surface area contributed by atoms with E-state index in [0.29, 0.717) is 17.3 Å². The van der Waals surface area contributed by atoms with Crippen molar-refractivity contribution in [2.45, 2.75) is 6.54 Å². The molecule has 94 valence electrons. The van der Waals surface area contributed by atoms with Crippen LogP contribution in [0, 0.1) is 5.82 Å². The molecule has 0 aliphatic heterocycles. The highest BCUT2D eigenvalue weighted by atomic mass is 35.5. The monoisotopic (exact) mass is 264 g/mol. The van der Waals surface area contributed by atoms with Crippen LogP contribution in [0.15, 0.2) is 42.5 Å². The number of halogens is 2. The molecule has 0 saturated carbocycles. The molecule has 0 fully saturated rings. The smallest absolute Gasteiger partial charge is 0.148 e. The number of para-hydroxylation sites is 1. The van der Waals surface area contributed by atoms with Crippen LogP contribution in [-0.4, -0.2) is 7.05 Å². The van der Waals surface area contributed by atoms with Crippen LogP contribution in [-0.2, 0) is 6.54 Å². The van der Waals surface area contributed by atoms with Gasteiger partial charge in [-0.2, -0.15) is 0 Å². The van der Waals surface area contributed by atoms with Crippen molar-refractivity contribution in [2.75, 3.05) is 17.7 Å². The number of nitrogens with two attached hydrogens (primary N) is 1. The molecular weight excluding hydrogens is 251 g/mol. The number of nitrogens with zero attached hydrogens (tertiary/aromatic N) is 1. The van der Waals surface area contributed by atoms with Crippen molar-refractivity contribution >= 4 is 23.0 Å². The standard InChI is InChI=1S/C14H14ClFN2/c1-18(9-10-5-7-11(15)8-6-10)13-4-2-3-12(16)14(13)17/h2-8H,9,17H2,1H3. The van der Waals surface area contributed by atoms with E-state index in [1.54, 1.807) is 12.1 Å². The Kier molecular flexibility index (Phi) is 3.72. The van der Waals surface area contributed by atoms with E-state index in [9.17, 15) is 4.39 Å². The van der Waals surface area contributed by atoms with Crippen molar-refractivity contribution in [3.63, 3.8) is 0 Å². The molecular formula is C14H14ClFN2. The first-order valence-corrected chi connectivity index (χ1v) is 5.95. The van der Waals surface area contributed by atoms with Crippen LogP contribution in [0.5, 0.6) is 0 Å². The highest BCUT2D eigenvalue weighted by Gasteiger charge is 2.09. The fourth-order valence-corrected chi connectivity index (χ4v) is 1.93. The third kappa shape index (κ3) is 2.74. The maximum Gasteiger partial charge on any atom is 0.148 e. The molecule has 0 unspecified atom stereocenters. The van der Waals surface area contributed by atoms with Crippen molar-refractivity contribution in [3.05, 3.63) is 58.9 Å². The van der Waals surface area contributed by atoms with Crippen LogP contribution >= 0.6 is 11.6 Å². The molecule has 0 amide bonds. The quantitative estimate of drug-likeness (QED) is 0.857. The Morgan fingerprint density at radius 1 is 1.17 bits per heavy atom. The molecule has 0 saturated heterocycles. The van der Waals surface area contributed by atoms with Crippen molar-refractivity contribution in [3.8, 4) is 0 Å². The largest absolute Gasteiger partial charge is 0.395 e. The average Bonchev–Trinajstić information content (AvgIpc) is 2.35. The highest BCUT2D eigenvalue weighted by Crippen LogP contribution is 2.25. The fraction of sp³-hybridized carbons (Fsp3) is 0.143. The molecule has 0 aromatic heterocycles. The average molecular weight is 265 g/mol. The van der Waals surface area contributed by atoms with Crippen LogP contribution in [0.2, 0.25) is 5.02 Å². The van der Waals surface area contributed by atoms with Gasteiger partial charge >= 0.3 is 0 Å². The number of anilines is 2. The van der Waals surface area contributed by atoms with Crippen LogP contribution in [0.4, 0.5) is 15.8 Å². The zero-order valence-corrected chi connectivity index (χ0v) is 10.8. The van der Waals surface area contributed by atoms with E-state index in [-0.39, 0.29) is 5.69 Å². The van der Waals surface area contributed by atoms with Gasteiger partial charge < -0.3 is 10.6 Å². The summed E-state index contributed by atoms with van der Waals surface area (Å²) in [6, 6.07) is 12.4.